The summed E-state index contributed by atoms with van der Waals surface area (Å²) in [6, 6.07) is 21.9. The van der Waals surface area contributed by atoms with Crippen molar-refractivity contribution in [1.29, 1.82) is 0 Å². The topological polar surface area (TPSA) is 81.9 Å². The number of benzene rings is 3. The lowest BCUT2D eigenvalue weighted by molar-refractivity contribution is -0.113. The molecule has 2 heterocycles. The van der Waals surface area contributed by atoms with Gasteiger partial charge in [0.2, 0.25) is 5.91 Å². The van der Waals surface area contributed by atoms with Crippen LogP contribution in [0.4, 0.5) is 5.69 Å². The lowest BCUT2D eigenvalue weighted by Crippen LogP contribution is -2.14. The molecule has 0 radical (unpaired) electrons. The number of carbonyl (C=O) groups excluding carboxylic acids is 1. The average molecular weight is 544 g/mol. The smallest absolute Gasteiger partial charge is 0.234 e. The fraction of sp³-hybridized carbons (Fsp3) is 0.241. The molecule has 9 heteroatoms. The highest BCUT2D eigenvalue weighted by molar-refractivity contribution is 7.99. The maximum atomic E-state index is 12.6. The number of nitrogens with zero attached hydrogens (tertiary/aromatic N) is 4. The number of amides is 1. The van der Waals surface area contributed by atoms with E-state index in [1.54, 1.807) is 11.3 Å². The van der Waals surface area contributed by atoms with Gasteiger partial charge >= 0.3 is 0 Å². The zero-order valence-electron chi connectivity index (χ0n) is 21.8. The van der Waals surface area contributed by atoms with Gasteiger partial charge in [-0.15, -0.1) is 21.5 Å². The Balaban J connectivity index is 1.17. The van der Waals surface area contributed by atoms with Gasteiger partial charge in [0.25, 0.3) is 0 Å². The molecule has 5 rings (SSSR count). The van der Waals surface area contributed by atoms with E-state index < -0.39 is 0 Å². The van der Waals surface area contributed by atoms with Crippen LogP contribution in [0.15, 0.2) is 71.9 Å². The van der Waals surface area contributed by atoms with E-state index in [9.17, 15) is 4.79 Å². The van der Waals surface area contributed by atoms with E-state index in [2.05, 4.69) is 54.5 Å². The molecule has 0 spiro atoms. The number of hydrogen-bond acceptors (Lipinski definition) is 7. The molecule has 0 aliphatic carbocycles. The van der Waals surface area contributed by atoms with Crippen LogP contribution < -0.4 is 10.1 Å². The highest BCUT2D eigenvalue weighted by Crippen LogP contribution is 2.31. The van der Waals surface area contributed by atoms with Gasteiger partial charge in [-0.3, -0.25) is 4.79 Å². The standard InChI is InChI=1S/C29H29N5O2S2/c1-18(2)16-36-23-12-8-20(9-13-23)27-32-33-29(34(27)4)37-17-26(35)30-22-10-6-21(7-11-22)28-31-24-14-5-19(3)15-25(24)38-28/h5-15,18H,16-17H2,1-4H3,(H,30,35). The summed E-state index contributed by atoms with van der Waals surface area (Å²) in [6.45, 7) is 7.00. The van der Waals surface area contributed by atoms with Gasteiger partial charge in [-0.2, -0.15) is 0 Å². The van der Waals surface area contributed by atoms with Crippen LogP contribution in [0.3, 0.4) is 0 Å². The fourth-order valence-corrected chi connectivity index (χ4v) is 5.61. The first-order chi connectivity index (χ1) is 18.4. The highest BCUT2D eigenvalue weighted by atomic mass is 32.2. The van der Waals surface area contributed by atoms with Crippen molar-refractivity contribution in [2.24, 2.45) is 13.0 Å². The first-order valence-corrected chi connectivity index (χ1v) is 14.2. The number of ether oxygens (including phenoxy) is 1. The highest BCUT2D eigenvalue weighted by Gasteiger charge is 2.14. The minimum Gasteiger partial charge on any atom is -0.493 e. The third-order valence-electron chi connectivity index (χ3n) is 5.82. The number of thiazole rings is 1. The Kier molecular flexibility index (Phi) is 7.76. The molecule has 7 nitrogen and oxygen atoms in total. The average Bonchev–Trinajstić information content (AvgIpc) is 3.50. The van der Waals surface area contributed by atoms with Crippen LogP contribution in [0.25, 0.3) is 32.2 Å². The Morgan fingerprint density at radius 1 is 1.03 bits per heavy atom. The number of aryl methyl sites for hydroxylation is 1. The number of nitrogens with one attached hydrogen (secondary N) is 1. The van der Waals surface area contributed by atoms with E-state index in [0.717, 1.165) is 38.9 Å². The van der Waals surface area contributed by atoms with Crippen molar-refractivity contribution in [3.63, 3.8) is 0 Å². The summed E-state index contributed by atoms with van der Waals surface area (Å²) in [4.78, 5) is 17.3. The van der Waals surface area contributed by atoms with E-state index in [0.29, 0.717) is 17.7 Å². The summed E-state index contributed by atoms with van der Waals surface area (Å²) in [7, 11) is 1.90. The van der Waals surface area contributed by atoms with E-state index in [1.165, 1.54) is 22.0 Å². The third kappa shape index (κ3) is 6.06. The number of fused-ring (bicyclic) bond motifs is 1. The Bertz CT molecular complexity index is 1560. The van der Waals surface area contributed by atoms with Gasteiger partial charge < -0.3 is 14.6 Å². The summed E-state index contributed by atoms with van der Waals surface area (Å²) in [5.74, 6) is 2.17. The minimum atomic E-state index is -0.102. The van der Waals surface area contributed by atoms with Gasteiger partial charge in [0.15, 0.2) is 11.0 Å². The molecule has 5 aromatic rings. The van der Waals surface area contributed by atoms with E-state index in [4.69, 9.17) is 9.72 Å². The number of hydrogen-bond donors (Lipinski definition) is 1. The SMILES string of the molecule is Cc1ccc2nc(-c3ccc(NC(=O)CSc4nnc(-c5ccc(OCC(C)C)cc5)n4C)cc3)sc2c1. The molecule has 0 unspecified atom stereocenters. The summed E-state index contributed by atoms with van der Waals surface area (Å²) in [5.41, 5.74) is 4.95. The molecule has 2 aromatic heterocycles. The maximum absolute atomic E-state index is 12.6. The van der Waals surface area contributed by atoms with E-state index >= 15 is 0 Å². The molecule has 0 aliphatic heterocycles. The van der Waals surface area contributed by atoms with Crippen LogP contribution in [0.2, 0.25) is 0 Å². The normalized spacial score (nSPS) is 11.3. The molecule has 1 N–H and O–H groups in total. The lowest BCUT2D eigenvalue weighted by Gasteiger charge is -2.09. The van der Waals surface area contributed by atoms with Gasteiger partial charge in [-0.1, -0.05) is 31.7 Å². The molecule has 0 saturated heterocycles. The number of thioether (sulfide) groups is 1. The lowest BCUT2D eigenvalue weighted by atomic mass is 10.2. The second-order valence-corrected chi connectivity index (χ2v) is 11.5. The summed E-state index contributed by atoms with van der Waals surface area (Å²) < 4.78 is 8.83. The van der Waals surface area contributed by atoms with E-state index in [-0.39, 0.29) is 11.7 Å². The zero-order valence-corrected chi connectivity index (χ0v) is 23.4. The van der Waals surface area contributed by atoms with Crippen molar-refractivity contribution in [1.82, 2.24) is 19.7 Å². The second kappa shape index (κ2) is 11.4. The molecule has 0 bridgehead atoms. The predicted octanol–water partition coefficient (Wildman–Crippen LogP) is 6.83. The largest absolute Gasteiger partial charge is 0.493 e. The van der Waals surface area contributed by atoms with Gasteiger partial charge in [0, 0.05) is 23.9 Å². The Labute approximate surface area is 230 Å². The quantitative estimate of drug-likeness (QED) is 0.205. The molecule has 1 amide bonds. The fourth-order valence-electron chi connectivity index (χ4n) is 3.83. The van der Waals surface area contributed by atoms with Crippen molar-refractivity contribution in [2.75, 3.05) is 17.7 Å². The summed E-state index contributed by atoms with van der Waals surface area (Å²) in [6.07, 6.45) is 0. The van der Waals surface area contributed by atoms with Gasteiger partial charge in [-0.05, 0) is 79.1 Å². The Morgan fingerprint density at radius 3 is 2.50 bits per heavy atom. The molecule has 194 valence electrons. The molecule has 0 aliphatic rings. The van der Waals surface area contributed by atoms with Crippen molar-refractivity contribution >= 4 is 44.9 Å². The number of rotatable bonds is 9. The summed E-state index contributed by atoms with van der Waals surface area (Å²) in [5, 5.41) is 13.2. The van der Waals surface area contributed by atoms with Crippen LogP contribution in [-0.4, -0.2) is 38.0 Å². The van der Waals surface area contributed by atoms with Crippen LogP contribution in [0.5, 0.6) is 5.75 Å². The van der Waals surface area contributed by atoms with Crippen molar-refractivity contribution in [3.8, 4) is 27.7 Å². The van der Waals surface area contributed by atoms with Crippen LogP contribution in [0.1, 0.15) is 19.4 Å². The maximum Gasteiger partial charge on any atom is 0.234 e. The van der Waals surface area contributed by atoms with Crippen LogP contribution in [-0.2, 0) is 11.8 Å². The van der Waals surface area contributed by atoms with E-state index in [1.807, 2.05) is 60.1 Å². The first kappa shape index (κ1) is 25.9. The number of carbonyl (C=O) groups is 1. The molecular formula is C29H29N5O2S2. The molecule has 38 heavy (non-hydrogen) atoms. The van der Waals surface area contributed by atoms with Crippen molar-refractivity contribution in [3.05, 3.63) is 72.3 Å². The number of aromatic nitrogens is 4. The molecule has 3 aromatic carbocycles. The molecule has 0 fully saturated rings. The van der Waals surface area contributed by atoms with Gasteiger partial charge in [0.05, 0.1) is 22.6 Å². The second-order valence-electron chi connectivity index (χ2n) is 9.50. The first-order valence-electron chi connectivity index (χ1n) is 12.4. The zero-order chi connectivity index (χ0) is 26.6. The predicted molar refractivity (Wildman–Crippen MR) is 156 cm³/mol. The monoisotopic (exact) mass is 543 g/mol. The Morgan fingerprint density at radius 2 is 1.76 bits per heavy atom. The molecule has 0 atom stereocenters. The van der Waals surface area contributed by atoms with Crippen molar-refractivity contribution in [2.45, 2.75) is 25.9 Å². The van der Waals surface area contributed by atoms with Crippen LogP contribution >= 0.6 is 23.1 Å². The van der Waals surface area contributed by atoms with Gasteiger partial charge in [-0.25, -0.2) is 4.98 Å². The molecule has 0 saturated carbocycles. The van der Waals surface area contributed by atoms with Gasteiger partial charge in [0.1, 0.15) is 10.8 Å². The Hall–Kier alpha value is -3.69. The van der Waals surface area contributed by atoms with Crippen molar-refractivity contribution < 1.29 is 9.53 Å². The van der Waals surface area contributed by atoms with Crippen LogP contribution in [0, 0.1) is 12.8 Å². The summed E-state index contributed by atoms with van der Waals surface area (Å²) >= 11 is 3.02. The third-order valence-corrected chi connectivity index (χ3v) is 7.91. The minimum absolute atomic E-state index is 0.102. The molecular weight excluding hydrogens is 514 g/mol. The number of anilines is 1.